The summed E-state index contributed by atoms with van der Waals surface area (Å²) in [5.41, 5.74) is 0.904. The smallest absolute Gasteiger partial charge is 0.296 e. The highest BCUT2D eigenvalue weighted by Crippen LogP contribution is 2.36. The van der Waals surface area contributed by atoms with Crippen LogP contribution in [-0.4, -0.2) is 56.2 Å². The Balaban J connectivity index is 1.78. The number of nitriles is 1. The Labute approximate surface area is 225 Å². The molecule has 0 aliphatic rings. The number of aromatic nitrogens is 5. The first-order chi connectivity index (χ1) is 18.8. The van der Waals surface area contributed by atoms with Crippen molar-refractivity contribution in [1.29, 1.82) is 5.26 Å². The standard InChI is InChI=1S/C22H17N9O7S2/c1-11-14(10-23)21(31(28-11)17-9-13(39(33,34)35)7-8-18(17)40(36,37)38)27-26-19-20(24-12(2)32)29-30-16-6-4-3-5-15(16)25-22(19)30/h3-9,29H,1-2H3,(H,24,32)(H,33,34,35)(H,36,37,38). The third kappa shape index (κ3) is 4.58. The third-order valence-electron chi connectivity index (χ3n) is 5.66. The first kappa shape index (κ1) is 26.6. The molecule has 0 fully saturated rings. The maximum Gasteiger partial charge on any atom is 0.296 e. The SMILES string of the molecule is CC(=O)Nc1[nH]n2c(nc3ccccc32)c1N=Nc1c(C#N)c(C)nn1-c1cc(S(=O)(=O)O)ccc1S(=O)(=O)O. The molecule has 0 unspecified atom stereocenters. The zero-order chi connectivity index (χ0) is 29.0. The lowest BCUT2D eigenvalue weighted by Crippen LogP contribution is -2.09. The molecule has 18 heteroatoms. The average molecular weight is 584 g/mol. The van der Waals surface area contributed by atoms with Gasteiger partial charge in [0.05, 0.1) is 27.3 Å². The van der Waals surface area contributed by atoms with Crippen LogP contribution in [0.1, 0.15) is 18.2 Å². The number of nitrogens with one attached hydrogen (secondary N) is 2. The zero-order valence-corrected chi connectivity index (χ0v) is 22.1. The molecule has 5 aromatic rings. The Kier molecular flexibility index (Phi) is 6.23. The molecule has 3 heterocycles. The number of rotatable bonds is 6. The summed E-state index contributed by atoms with van der Waals surface area (Å²) in [6.45, 7) is 2.68. The van der Waals surface area contributed by atoms with Gasteiger partial charge in [-0.05, 0) is 37.3 Å². The van der Waals surface area contributed by atoms with E-state index in [4.69, 9.17) is 0 Å². The maximum absolute atomic E-state index is 12.1. The topological polar surface area (TPSA) is 237 Å². The number of amides is 1. The van der Waals surface area contributed by atoms with Gasteiger partial charge in [-0.2, -0.15) is 27.2 Å². The van der Waals surface area contributed by atoms with E-state index >= 15 is 0 Å². The monoisotopic (exact) mass is 583 g/mol. The van der Waals surface area contributed by atoms with Crippen LogP contribution >= 0.6 is 0 Å². The quantitative estimate of drug-likeness (QED) is 0.168. The van der Waals surface area contributed by atoms with Crippen LogP contribution in [0.15, 0.2) is 62.5 Å². The van der Waals surface area contributed by atoms with Crippen LogP contribution in [0.5, 0.6) is 0 Å². The number of H-pyrrole nitrogens is 1. The van der Waals surface area contributed by atoms with E-state index in [9.17, 15) is 36.0 Å². The highest BCUT2D eigenvalue weighted by molar-refractivity contribution is 7.86. The van der Waals surface area contributed by atoms with Gasteiger partial charge in [0.1, 0.15) is 16.5 Å². The second-order valence-electron chi connectivity index (χ2n) is 8.36. The molecule has 0 aliphatic carbocycles. The minimum absolute atomic E-state index is 0.0439. The number of azo groups is 1. The number of carbonyl (C=O) groups excluding carboxylic acids is 1. The lowest BCUT2D eigenvalue weighted by Gasteiger charge is -2.10. The minimum atomic E-state index is -4.95. The van der Waals surface area contributed by atoms with E-state index in [1.807, 2.05) is 6.07 Å². The number of benzene rings is 2. The van der Waals surface area contributed by atoms with Gasteiger partial charge >= 0.3 is 0 Å². The molecule has 0 radical (unpaired) electrons. The summed E-state index contributed by atoms with van der Waals surface area (Å²) in [6.07, 6.45) is 0. The van der Waals surface area contributed by atoms with Gasteiger partial charge in [0.2, 0.25) is 5.91 Å². The van der Waals surface area contributed by atoms with Gasteiger partial charge in [0.25, 0.3) is 20.2 Å². The van der Waals surface area contributed by atoms with Crippen molar-refractivity contribution in [2.75, 3.05) is 5.32 Å². The molecule has 5 rings (SSSR count). The lowest BCUT2D eigenvalue weighted by molar-refractivity contribution is -0.114. The number of hydrogen-bond donors (Lipinski definition) is 4. The van der Waals surface area contributed by atoms with Gasteiger partial charge in [-0.25, -0.2) is 14.2 Å². The Morgan fingerprint density at radius 3 is 2.48 bits per heavy atom. The van der Waals surface area contributed by atoms with Crippen LogP contribution in [0.2, 0.25) is 0 Å². The second-order valence-corrected chi connectivity index (χ2v) is 11.2. The summed E-state index contributed by atoms with van der Waals surface area (Å²) in [4.78, 5) is 14.8. The fraction of sp³-hybridized carbons (Fsp3) is 0.0909. The summed E-state index contributed by atoms with van der Waals surface area (Å²) < 4.78 is 69.4. The minimum Gasteiger partial charge on any atom is -0.309 e. The van der Waals surface area contributed by atoms with E-state index in [-0.39, 0.29) is 34.2 Å². The van der Waals surface area contributed by atoms with Crippen LogP contribution in [-0.2, 0) is 25.0 Å². The number of nitrogens with zero attached hydrogens (tertiary/aromatic N) is 7. The highest BCUT2D eigenvalue weighted by atomic mass is 32.2. The van der Waals surface area contributed by atoms with Gasteiger partial charge in [-0.3, -0.25) is 19.0 Å². The zero-order valence-electron chi connectivity index (χ0n) is 20.4. The van der Waals surface area contributed by atoms with Crippen molar-refractivity contribution in [2.24, 2.45) is 10.2 Å². The molecule has 4 N–H and O–H groups in total. The summed E-state index contributed by atoms with van der Waals surface area (Å²) in [7, 11) is -9.76. The van der Waals surface area contributed by atoms with Crippen molar-refractivity contribution < 1.29 is 30.7 Å². The summed E-state index contributed by atoms with van der Waals surface area (Å²) in [5.74, 6) is -0.678. The molecule has 16 nitrogen and oxygen atoms in total. The number of imidazole rings is 1. The first-order valence-electron chi connectivity index (χ1n) is 11.1. The highest BCUT2D eigenvalue weighted by Gasteiger charge is 2.26. The number of aryl methyl sites for hydroxylation is 1. The summed E-state index contributed by atoms with van der Waals surface area (Å²) in [5, 5.41) is 27.7. The van der Waals surface area contributed by atoms with Crippen molar-refractivity contribution >= 4 is 60.1 Å². The number of aromatic amines is 1. The fourth-order valence-corrected chi connectivity index (χ4v) is 5.13. The number of anilines is 1. The average Bonchev–Trinajstić information content (AvgIpc) is 3.50. The van der Waals surface area contributed by atoms with Gasteiger partial charge in [-0.1, -0.05) is 12.1 Å². The molecule has 1 amide bonds. The van der Waals surface area contributed by atoms with E-state index in [1.54, 1.807) is 28.8 Å². The van der Waals surface area contributed by atoms with E-state index in [1.165, 1.54) is 13.8 Å². The van der Waals surface area contributed by atoms with Crippen molar-refractivity contribution in [3.63, 3.8) is 0 Å². The number of para-hydroxylation sites is 2. The molecule has 0 bridgehead atoms. The summed E-state index contributed by atoms with van der Waals surface area (Å²) >= 11 is 0. The largest absolute Gasteiger partial charge is 0.309 e. The molecule has 0 atom stereocenters. The Morgan fingerprint density at radius 1 is 1.10 bits per heavy atom. The maximum atomic E-state index is 12.1. The van der Waals surface area contributed by atoms with E-state index in [0.717, 1.165) is 22.9 Å². The molecule has 0 aliphatic heterocycles. The van der Waals surface area contributed by atoms with Crippen LogP contribution in [0.25, 0.3) is 22.4 Å². The van der Waals surface area contributed by atoms with E-state index in [2.05, 4.69) is 30.7 Å². The van der Waals surface area contributed by atoms with Gasteiger partial charge < -0.3 is 5.32 Å². The molecule has 204 valence electrons. The van der Waals surface area contributed by atoms with Crippen molar-refractivity contribution in [2.45, 2.75) is 23.6 Å². The normalized spacial score (nSPS) is 12.4. The van der Waals surface area contributed by atoms with Gasteiger partial charge in [-0.15, -0.1) is 10.2 Å². The predicted molar refractivity (Wildman–Crippen MR) is 138 cm³/mol. The fourth-order valence-electron chi connectivity index (χ4n) is 3.98. The predicted octanol–water partition coefficient (Wildman–Crippen LogP) is 3.05. The van der Waals surface area contributed by atoms with Crippen LogP contribution in [0, 0.1) is 18.3 Å². The Morgan fingerprint density at radius 2 is 1.82 bits per heavy atom. The number of hydrogen-bond acceptors (Lipinski definition) is 10. The Bertz CT molecular complexity index is 2150. The molecule has 2 aromatic carbocycles. The van der Waals surface area contributed by atoms with Crippen molar-refractivity contribution in [3.05, 3.63) is 53.7 Å². The van der Waals surface area contributed by atoms with Crippen molar-refractivity contribution in [1.82, 2.24) is 24.4 Å². The second kappa shape index (κ2) is 9.35. The number of fused-ring (bicyclic) bond motifs is 3. The lowest BCUT2D eigenvalue weighted by atomic mass is 10.2. The van der Waals surface area contributed by atoms with E-state index < -0.39 is 41.6 Å². The molecular formula is C22H17N9O7S2. The first-order valence-corrected chi connectivity index (χ1v) is 13.9. The molecular weight excluding hydrogens is 566 g/mol. The number of carbonyl (C=O) groups is 1. The molecule has 0 saturated heterocycles. The summed E-state index contributed by atoms with van der Waals surface area (Å²) in [6, 6.07) is 11.2. The molecule has 0 saturated carbocycles. The molecule has 3 aromatic heterocycles. The van der Waals surface area contributed by atoms with Crippen molar-refractivity contribution in [3.8, 4) is 11.8 Å². The van der Waals surface area contributed by atoms with Crippen LogP contribution in [0.3, 0.4) is 0 Å². The van der Waals surface area contributed by atoms with Crippen LogP contribution in [0.4, 0.5) is 17.3 Å². The van der Waals surface area contributed by atoms with Gasteiger partial charge in [0, 0.05) is 6.92 Å². The van der Waals surface area contributed by atoms with E-state index in [0.29, 0.717) is 11.0 Å². The molecule has 0 spiro atoms. The van der Waals surface area contributed by atoms with Gasteiger partial charge in [0.15, 0.2) is 23.0 Å². The van der Waals surface area contributed by atoms with Crippen LogP contribution < -0.4 is 5.32 Å². The third-order valence-corrected chi connectivity index (χ3v) is 7.41. The molecule has 40 heavy (non-hydrogen) atoms. The Hall–Kier alpha value is -4.96.